The first-order chi connectivity index (χ1) is 11.3. The van der Waals surface area contributed by atoms with Crippen molar-refractivity contribution in [2.24, 2.45) is 5.92 Å². The van der Waals surface area contributed by atoms with E-state index in [0.717, 1.165) is 12.8 Å². The van der Waals surface area contributed by atoms with Crippen LogP contribution in [0.25, 0.3) is 0 Å². The zero-order chi connectivity index (χ0) is 16.1. The lowest BCUT2D eigenvalue weighted by Gasteiger charge is -2.35. The van der Waals surface area contributed by atoms with Crippen molar-refractivity contribution in [3.8, 4) is 0 Å². The van der Waals surface area contributed by atoms with Crippen LogP contribution in [0.15, 0.2) is 60.7 Å². The lowest BCUT2D eigenvalue weighted by molar-refractivity contribution is -0.0824. The number of benzene rings is 2. The third-order valence-electron chi connectivity index (χ3n) is 4.65. The Kier molecular flexibility index (Phi) is 4.91. The second-order valence-corrected chi connectivity index (χ2v) is 5.97. The number of piperidine rings is 1. The zero-order valence-electron chi connectivity index (χ0n) is 12.9. The smallest absolute Gasteiger partial charge is 0.306 e. The molecular formula is C19H20FNO2. The molecular weight excluding hydrogens is 293 g/mol. The van der Waals surface area contributed by atoms with Crippen LogP contribution in [-0.4, -0.2) is 24.1 Å². The SMILES string of the molecule is O=C(OF)N1CCC(C(c2ccccc2)c2ccccc2)CC1. The summed E-state index contributed by atoms with van der Waals surface area (Å²) in [6.07, 6.45) is 0.798. The van der Waals surface area contributed by atoms with Gasteiger partial charge in [-0.05, 0) is 29.9 Å². The van der Waals surface area contributed by atoms with E-state index >= 15 is 0 Å². The maximum absolute atomic E-state index is 12.1. The molecule has 0 atom stereocenters. The van der Waals surface area contributed by atoms with E-state index in [1.807, 2.05) is 12.1 Å². The Morgan fingerprint density at radius 1 is 0.957 bits per heavy atom. The molecule has 23 heavy (non-hydrogen) atoms. The summed E-state index contributed by atoms with van der Waals surface area (Å²) >= 11 is 0. The molecule has 1 aliphatic rings. The molecule has 1 amide bonds. The van der Waals surface area contributed by atoms with E-state index in [9.17, 15) is 9.32 Å². The Morgan fingerprint density at radius 2 is 1.43 bits per heavy atom. The average molecular weight is 313 g/mol. The predicted molar refractivity (Wildman–Crippen MR) is 86.6 cm³/mol. The van der Waals surface area contributed by atoms with Crippen LogP contribution in [-0.2, 0) is 4.94 Å². The fourth-order valence-electron chi connectivity index (χ4n) is 3.52. The van der Waals surface area contributed by atoms with Gasteiger partial charge in [-0.25, -0.2) is 9.74 Å². The van der Waals surface area contributed by atoms with Crippen LogP contribution in [0.2, 0.25) is 0 Å². The lowest BCUT2D eigenvalue weighted by Crippen LogP contribution is -2.39. The molecule has 120 valence electrons. The topological polar surface area (TPSA) is 29.5 Å². The van der Waals surface area contributed by atoms with E-state index in [4.69, 9.17) is 0 Å². The summed E-state index contributed by atoms with van der Waals surface area (Å²) in [5, 5.41) is 0. The van der Waals surface area contributed by atoms with Crippen molar-refractivity contribution in [2.75, 3.05) is 13.1 Å². The van der Waals surface area contributed by atoms with Crippen molar-refractivity contribution in [1.82, 2.24) is 4.90 Å². The molecule has 2 aromatic rings. The van der Waals surface area contributed by atoms with Crippen LogP contribution in [0, 0.1) is 5.92 Å². The molecule has 1 aliphatic heterocycles. The van der Waals surface area contributed by atoms with Crippen molar-refractivity contribution < 1.29 is 14.3 Å². The number of likely N-dealkylation sites (tertiary alicyclic amines) is 1. The number of carbonyl (C=O) groups is 1. The van der Waals surface area contributed by atoms with Crippen LogP contribution in [0.4, 0.5) is 9.32 Å². The van der Waals surface area contributed by atoms with Gasteiger partial charge in [0.15, 0.2) is 0 Å². The lowest BCUT2D eigenvalue weighted by atomic mass is 9.76. The average Bonchev–Trinajstić information content (AvgIpc) is 2.64. The van der Waals surface area contributed by atoms with Gasteiger partial charge in [-0.3, -0.25) is 0 Å². The molecule has 1 heterocycles. The number of nitrogens with zero attached hydrogens (tertiary/aromatic N) is 1. The highest BCUT2D eigenvalue weighted by Gasteiger charge is 2.31. The third kappa shape index (κ3) is 3.52. The van der Waals surface area contributed by atoms with Crippen LogP contribution < -0.4 is 0 Å². The molecule has 0 unspecified atom stereocenters. The van der Waals surface area contributed by atoms with Crippen LogP contribution in [0.1, 0.15) is 29.9 Å². The van der Waals surface area contributed by atoms with Gasteiger partial charge in [0.2, 0.25) is 0 Å². The first-order valence-corrected chi connectivity index (χ1v) is 7.97. The second-order valence-electron chi connectivity index (χ2n) is 5.97. The number of carbonyl (C=O) groups excluding carboxylic acids is 1. The highest BCUT2D eigenvalue weighted by molar-refractivity contribution is 5.66. The van der Waals surface area contributed by atoms with Gasteiger partial charge in [0.25, 0.3) is 0 Å². The minimum atomic E-state index is -0.876. The molecule has 0 N–H and O–H groups in total. The van der Waals surface area contributed by atoms with Crippen LogP contribution in [0.3, 0.4) is 0 Å². The van der Waals surface area contributed by atoms with E-state index < -0.39 is 6.09 Å². The minimum Gasteiger partial charge on any atom is -0.306 e. The van der Waals surface area contributed by atoms with Gasteiger partial charge in [-0.2, -0.15) is 0 Å². The van der Waals surface area contributed by atoms with E-state index in [2.05, 4.69) is 53.5 Å². The molecule has 4 heteroatoms. The van der Waals surface area contributed by atoms with E-state index in [-0.39, 0.29) is 0 Å². The summed E-state index contributed by atoms with van der Waals surface area (Å²) in [5.74, 6) is 0.712. The largest absolute Gasteiger partial charge is 0.447 e. The summed E-state index contributed by atoms with van der Waals surface area (Å²) in [4.78, 5) is 16.1. The highest BCUT2D eigenvalue weighted by Crippen LogP contribution is 2.37. The molecule has 1 fully saturated rings. The summed E-state index contributed by atoms with van der Waals surface area (Å²) in [7, 11) is 0. The predicted octanol–water partition coefficient (Wildman–Crippen LogP) is 4.55. The first-order valence-electron chi connectivity index (χ1n) is 7.97. The normalized spacial score (nSPS) is 15.7. The minimum absolute atomic E-state index is 0.293. The molecule has 2 aromatic carbocycles. The molecule has 0 bridgehead atoms. The van der Waals surface area contributed by atoms with Gasteiger partial charge in [0, 0.05) is 23.5 Å². The Balaban J connectivity index is 1.82. The van der Waals surface area contributed by atoms with Crippen molar-refractivity contribution in [3.63, 3.8) is 0 Å². The van der Waals surface area contributed by atoms with Crippen molar-refractivity contribution in [1.29, 1.82) is 0 Å². The highest BCUT2D eigenvalue weighted by atomic mass is 19.3. The van der Waals surface area contributed by atoms with Crippen molar-refractivity contribution >= 4 is 6.09 Å². The van der Waals surface area contributed by atoms with Crippen molar-refractivity contribution in [3.05, 3.63) is 71.8 Å². The van der Waals surface area contributed by atoms with E-state index in [1.54, 1.807) is 0 Å². The summed E-state index contributed by atoms with van der Waals surface area (Å²) in [5.41, 5.74) is 2.57. The Labute approximate surface area is 135 Å². The maximum Gasteiger partial charge on any atom is 0.447 e. The molecule has 0 radical (unpaired) electrons. The van der Waals surface area contributed by atoms with E-state index in [1.165, 1.54) is 16.0 Å². The molecule has 0 aromatic heterocycles. The van der Waals surface area contributed by atoms with Crippen molar-refractivity contribution in [2.45, 2.75) is 18.8 Å². The summed E-state index contributed by atoms with van der Waals surface area (Å²) in [6, 6.07) is 20.9. The summed E-state index contributed by atoms with van der Waals surface area (Å²) in [6.45, 7) is 1.06. The van der Waals surface area contributed by atoms with Gasteiger partial charge in [-0.1, -0.05) is 60.7 Å². The molecule has 0 spiro atoms. The Hall–Kier alpha value is -2.36. The quantitative estimate of drug-likeness (QED) is 0.832. The molecule has 0 saturated carbocycles. The first kappa shape index (κ1) is 15.5. The van der Waals surface area contributed by atoms with Gasteiger partial charge in [-0.15, -0.1) is 0 Å². The van der Waals surface area contributed by atoms with E-state index in [0.29, 0.717) is 24.9 Å². The van der Waals surface area contributed by atoms with Gasteiger partial charge in [0.1, 0.15) is 0 Å². The molecule has 0 aliphatic carbocycles. The number of hydrogen-bond acceptors (Lipinski definition) is 2. The van der Waals surface area contributed by atoms with Crippen LogP contribution >= 0.6 is 0 Å². The monoisotopic (exact) mass is 313 g/mol. The number of amides is 1. The van der Waals surface area contributed by atoms with Gasteiger partial charge >= 0.3 is 6.09 Å². The Morgan fingerprint density at radius 3 is 1.87 bits per heavy atom. The second kappa shape index (κ2) is 7.27. The molecule has 1 saturated heterocycles. The fraction of sp³-hybridized carbons (Fsp3) is 0.316. The summed E-state index contributed by atoms with van der Waals surface area (Å²) < 4.78 is 12.1. The molecule has 3 rings (SSSR count). The fourth-order valence-corrected chi connectivity index (χ4v) is 3.52. The number of hydrogen-bond donors (Lipinski definition) is 0. The maximum atomic E-state index is 12.1. The number of rotatable bonds is 3. The number of halogens is 1. The molecule has 3 nitrogen and oxygen atoms in total. The third-order valence-corrected chi connectivity index (χ3v) is 4.65. The standard InChI is InChI=1S/C19H20FNO2/c20-23-19(22)21-13-11-17(12-14-21)18(15-7-3-1-4-8-15)16-9-5-2-6-10-16/h1-10,17-18H,11-14H2. The van der Waals surface area contributed by atoms with Gasteiger partial charge < -0.3 is 4.90 Å². The van der Waals surface area contributed by atoms with Crippen LogP contribution in [0.5, 0.6) is 0 Å². The Bertz CT molecular complexity index is 585. The zero-order valence-corrected chi connectivity index (χ0v) is 12.9. The van der Waals surface area contributed by atoms with Gasteiger partial charge in [0.05, 0.1) is 0 Å².